The summed E-state index contributed by atoms with van der Waals surface area (Å²) >= 11 is 0. The lowest BCUT2D eigenvalue weighted by atomic mass is 9.82. The summed E-state index contributed by atoms with van der Waals surface area (Å²) in [6.07, 6.45) is 0. The molecule has 26 heavy (non-hydrogen) atoms. The number of rotatable bonds is 0. The van der Waals surface area contributed by atoms with E-state index < -0.39 is 0 Å². The predicted octanol–water partition coefficient (Wildman–Crippen LogP) is 3.30. The number of benzene rings is 3. The first-order chi connectivity index (χ1) is 12.6. The molecule has 0 bridgehead atoms. The fraction of sp³-hybridized carbons (Fsp3) is 0. The van der Waals surface area contributed by atoms with Gasteiger partial charge in [0.2, 0.25) is 5.43 Å². The van der Waals surface area contributed by atoms with Gasteiger partial charge in [0.1, 0.15) is 5.58 Å². The van der Waals surface area contributed by atoms with Gasteiger partial charge in [-0.25, -0.2) is 0 Å². The molecule has 5 heteroatoms. The van der Waals surface area contributed by atoms with E-state index in [1.807, 2.05) is 0 Å². The molecule has 0 aliphatic heterocycles. The molecule has 1 aliphatic rings. The SMILES string of the molecule is Nc1cc2c(=O)c3ccccc3oc2c2c1C(=O)c1ccccc1C2=O. The Hall–Kier alpha value is -3.73. The van der Waals surface area contributed by atoms with Crippen LogP contribution < -0.4 is 11.2 Å². The molecule has 0 radical (unpaired) electrons. The number of carbonyl (C=O) groups is 2. The first kappa shape index (κ1) is 14.6. The number of fused-ring (bicyclic) bond motifs is 5. The van der Waals surface area contributed by atoms with Crippen molar-refractivity contribution in [3.63, 3.8) is 0 Å². The van der Waals surface area contributed by atoms with Gasteiger partial charge in [0.05, 0.1) is 21.9 Å². The van der Waals surface area contributed by atoms with Gasteiger partial charge in [-0.1, -0.05) is 36.4 Å². The third-order valence-electron chi connectivity index (χ3n) is 4.77. The van der Waals surface area contributed by atoms with Gasteiger partial charge in [-0.15, -0.1) is 0 Å². The van der Waals surface area contributed by atoms with E-state index in [1.165, 1.54) is 6.07 Å². The molecule has 0 fully saturated rings. The standard InChI is InChI=1S/C21H11NO4/c22-14-9-13-18(23)12-7-3-4-8-15(12)26-21(13)17-16(14)19(24)10-5-1-2-6-11(10)20(17)25/h1-9H,22H2. The van der Waals surface area contributed by atoms with Crippen molar-refractivity contribution in [2.24, 2.45) is 0 Å². The molecule has 0 saturated heterocycles. The molecular formula is C21H11NO4. The Morgan fingerprint density at radius 3 is 2.08 bits per heavy atom. The first-order valence-corrected chi connectivity index (χ1v) is 8.04. The second-order valence-corrected chi connectivity index (χ2v) is 6.22. The van der Waals surface area contributed by atoms with Crippen LogP contribution in [0.15, 0.2) is 63.8 Å². The Bertz CT molecular complexity index is 1350. The molecule has 3 aromatic carbocycles. The van der Waals surface area contributed by atoms with Crippen LogP contribution in [0.4, 0.5) is 5.69 Å². The van der Waals surface area contributed by atoms with Crippen LogP contribution in [0.2, 0.25) is 0 Å². The molecule has 0 amide bonds. The van der Waals surface area contributed by atoms with E-state index in [2.05, 4.69) is 0 Å². The minimum atomic E-state index is -0.370. The van der Waals surface area contributed by atoms with Gasteiger partial charge in [0.15, 0.2) is 17.1 Å². The molecule has 0 saturated carbocycles. The predicted molar refractivity (Wildman–Crippen MR) is 97.7 cm³/mol. The third-order valence-corrected chi connectivity index (χ3v) is 4.77. The summed E-state index contributed by atoms with van der Waals surface area (Å²) in [4.78, 5) is 38.9. The maximum Gasteiger partial charge on any atom is 0.200 e. The molecule has 2 N–H and O–H groups in total. The summed E-state index contributed by atoms with van der Waals surface area (Å²) in [5, 5.41) is 0.592. The summed E-state index contributed by atoms with van der Waals surface area (Å²) in [7, 11) is 0. The average molecular weight is 341 g/mol. The summed E-state index contributed by atoms with van der Waals surface area (Å²) in [5.74, 6) is -0.712. The molecule has 5 rings (SSSR count). The maximum atomic E-state index is 13.1. The summed E-state index contributed by atoms with van der Waals surface area (Å²) < 4.78 is 5.89. The zero-order valence-electron chi connectivity index (χ0n) is 13.4. The third kappa shape index (κ3) is 1.71. The van der Waals surface area contributed by atoms with Crippen molar-refractivity contribution in [3.8, 4) is 0 Å². The van der Waals surface area contributed by atoms with E-state index in [-0.39, 0.29) is 50.3 Å². The van der Waals surface area contributed by atoms with Crippen LogP contribution in [0.25, 0.3) is 21.9 Å². The zero-order chi connectivity index (χ0) is 18.0. The summed E-state index contributed by atoms with van der Waals surface area (Å²) in [6.45, 7) is 0. The summed E-state index contributed by atoms with van der Waals surface area (Å²) in [5.41, 5.74) is 7.10. The van der Waals surface area contributed by atoms with E-state index in [0.29, 0.717) is 16.5 Å². The lowest BCUT2D eigenvalue weighted by molar-refractivity contribution is 0.0980. The zero-order valence-corrected chi connectivity index (χ0v) is 13.4. The Balaban J connectivity index is 2.01. The van der Waals surface area contributed by atoms with Gasteiger partial charge in [-0.2, -0.15) is 0 Å². The number of ketones is 2. The van der Waals surface area contributed by atoms with E-state index in [9.17, 15) is 14.4 Å². The topological polar surface area (TPSA) is 90.4 Å². The molecule has 0 unspecified atom stereocenters. The minimum Gasteiger partial charge on any atom is -0.455 e. The van der Waals surface area contributed by atoms with Gasteiger partial charge in [-0.3, -0.25) is 14.4 Å². The van der Waals surface area contributed by atoms with Crippen LogP contribution in [0.5, 0.6) is 0 Å². The van der Waals surface area contributed by atoms with E-state index >= 15 is 0 Å². The van der Waals surface area contributed by atoms with Crippen LogP contribution in [-0.2, 0) is 0 Å². The molecule has 1 aromatic heterocycles. The lowest BCUT2D eigenvalue weighted by Gasteiger charge is -2.20. The number of nitrogens with two attached hydrogens (primary N) is 1. The van der Waals surface area contributed by atoms with Crippen molar-refractivity contribution < 1.29 is 14.0 Å². The second kappa shape index (κ2) is 4.89. The Labute approximate surface area is 146 Å². The van der Waals surface area contributed by atoms with Gasteiger partial charge in [0.25, 0.3) is 0 Å². The van der Waals surface area contributed by atoms with Crippen LogP contribution in [0.1, 0.15) is 31.8 Å². The van der Waals surface area contributed by atoms with Crippen molar-refractivity contribution in [1.82, 2.24) is 0 Å². The Kier molecular flexibility index (Phi) is 2.75. The summed E-state index contributed by atoms with van der Waals surface area (Å²) in [6, 6.07) is 14.8. The molecule has 0 spiro atoms. The van der Waals surface area contributed by atoms with Crippen molar-refractivity contribution >= 4 is 39.2 Å². The van der Waals surface area contributed by atoms with Crippen molar-refractivity contribution in [2.45, 2.75) is 0 Å². The highest BCUT2D eigenvalue weighted by Crippen LogP contribution is 2.36. The van der Waals surface area contributed by atoms with Crippen LogP contribution in [0, 0.1) is 0 Å². The molecule has 5 nitrogen and oxygen atoms in total. The van der Waals surface area contributed by atoms with Gasteiger partial charge < -0.3 is 10.2 Å². The van der Waals surface area contributed by atoms with Crippen LogP contribution in [-0.4, -0.2) is 11.6 Å². The number of hydrogen-bond donors (Lipinski definition) is 1. The molecule has 124 valence electrons. The Morgan fingerprint density at radius 2 is 1.35 bits per heavy atom. The number of para-hydroxylation sites is 1. The first-order valence-electron chi connectivity index (χ1n) is 8.04. The fourth-order valence-electron chi connectivity index (χ4n) is 3.57. The normalized spacial score (nSPS) is 13.1. The monoisotopic (exact) mass is 341 g/mol. The van der Waals surface area contributed by atoms with Gasteiger partial charge in [0, 0.05) is 16.8 Å². The van der Waals surface area contributed by atoms with Crippen molar-refractivity contribution in [3.05, 3.63) is 87.1 Å². The van der Waals surface area contributed by atoms with Crippen molar-refractivity contribution in [1.29, 1.82) is 0 Å². The quantitative estimate of drug-likeness (QED) is 0.345. The van der Waals surface area contributed by atoms with Gasteiger partial charge >= 0.3 is 0 Å². The molecule has 4 aromatic rings. The van der Waals surface area contributed by atoms with Crippen molar-refractivity contribution in [2.75, 3.05) is 5.73 Å². The van der Waals surface area contributed by atoms with E-state index in [4.69, 9.17) is 10.2 Å². The average Bonchev–Trinajstić information content (AvgIpc) is 2.66. The lowest BCUT2D eigenvalue weighted by Crippen LogP contribution is -2.23. The highest BCUT2D eigenvalue weighted by Gasteiger charge is 2.34. The van der Waals surface area contributed by atoms with E-state index in [0.717, 1.165) is 0 Å². The Morgan fingerprint density at radius 1 is 0.731 bits per heavy atom. The number of carbonyl (C=O) groups excluding carboxylic acids is 2. The molecule has 1 aliphatic carbocycles. The van der Waals surface area contributed by atoms with Crippen LogP contribution in [0.3, 0.4) is 0 Å². The molecule has 0 atom stereocenters. The number of nitrogen functional groups attached to an aromatic ring is 1. The van der Waals surface area contributed by atoms with Gasteiger partial charge in [-0.05, 0) is 18.2 Å². The maximum absolute atomic E-state index is 13.1. The fourth-order valence-corrected chi connectivity index (χ4v) is 3.57. The molecule has 1 heterocycles. The highest BCUT2D eigenvalue weighted by atomic mass is 16.3. The largest absolute Gasteiger partial charge is 0.455 e. The smallest absolute Gasteiger partial charge is 0.200 e. The second-order valence-electron chi connectivity index (χ2n) is 6.22. The van der Waals surface area contributed by atoms with E-state index in [1.54, 1.807) is 48.5 Å². The molecular weight excluding hydrogens is 330 g/mol. The van der Waals surface area contributed by atoms with Crippen LogP contribution >= 0.6 is 0 Å². The highest BCUT2D eigenvalue weighted by molar-refractivity contribution is 6.33. The minimum absolute atomic E-state index is 0.0616. The number of anilines is 1. The number of hydrogen-bond acceptors (Lipinski definition) is 5.